The molecule has 0 radical (unpaired) electrons. The summed E-state index contributed by atoms with van der Waals surface area (Å²) in [7, 11) is 1.57. The summed E-state index contributed by atoms with van der Waals surface area (Å²) < 4.78 is 5.07. The first kappa shape index (κ1) is 12.5. The molecule has 2 heterocycles. The largest absolute Gasteiger partial charge is 0.372 e. The van der Waals surface area contributed by atoms with Crippen LogP contribution in [0.2, 0.25) is 0 Å². The lowest BCUT2D eigenvalue weighted by molar-refractivity contribution is -0.131. The molecule has 1 aliphatic heterocycles. The highest BCUT2D eigenvalue weighted by Gasteiger charge is 2.27. The van der Waals surface area contributed by atoms with Gasteiger partial charge in [-0.05, 0) is 6.07 Å². The zero-order valence-corrected chi connectivity index (χ0v) is 10.4. The van der Waals surface area contributed by atoms with Crippen molar-refractivity contribution in [3.63, 3.8) is 0 Å². The molecule has 0 saturated carbocycles. The maximum Gasteiger partial charge on any atom is 0.187 e. The number of methoxy groups -OCH3 is 1. The second-order valence-electron chi connectivity index (χ2n) is 3.84. The molecular formula is C11H15N3O2S. The third kappa shape index (κ3) is 3.49. The van der Waals surface area contributed by atoms with E-state index in [1.807, 2.05) is 0 Å². The lowest BCUT2D eigenvalue weighted by Gasteiger charge is -2.27. The van der Waals surface area contributed by atoms with E-state index in [1.54, 1.807) is 37.3 Å². The quantitative estimate of drug-likeness (QED) is 0.623. The predicted octanol–water partition coefficient (Wildman–Crippen LogP) is 0.515. The minimum atomic E-state index is -0.288. The van der Waals surface area contributed by atoms with Crippen molar-refractivity contribution in [2.75, 3.05) is 19.4 Å². The Labute approximate surface area is 104 Å². The minimum Gasteiger partial charge on any atom is -0.372 e. The molecule has 0 aromatic carbocycles. The Morgan fingerprint density at radius 3 is 2.94 bits per heavy atom. The van der Waals surface area contributed by atoms with E-state index in [2.05, 4.69) is 15.3 Å². The Morgan fingerprint density at radius 1 is 1.53 bits per heavy atom. The number of nitrogens with one attached hydrogen (secondary N) is 1. The van der Waals surface area contributed by atoms with Crippen molar-refractivity contribution in [1.82, 2.24) is 15.3 Å². The Bertz CT molecular complexity index is 374. The van der Waals surface area contributed by atoms with E-state index < -0.39 is 0 Å². The van der Waals surface area contributed by atoms with Crippen molar-refractivity contribution in [2.45, 2.75) is 23.7 Å². The predicted molar refractivity (Wildman–Crippen MR) is 65.0 cm³/mol. The van der Waals surface area contributed by atoms with E-state index in [-0.39, 0.29) is 17.9 Å². The van der Waals surface area contributed by atoms with Gasteiger partial charge in [0.15, 0.2) is 10.9 Å². The van der Waals surface area contributed by atoms with Gasteiger partial charge in [-0.3, -0.25) is 4.79 Å². The van der Waals surface area contributed by atoms with E-state index in [9.17, 15) is 4.79 Å². The zero-order valence-electron chi connectivity index (χ0n) is 9.63. The number of Topliss-reactive ketones (excluding diaryl/α,β-unsaturated/α-hetero) is 1. The molecule has 1 fully saturated rings. The Morgan fingerprint density at radius 2 is 2.29 bits per heavy atom. The number of aromatic nitrogens is 2. The highest BCUT2D eigenvalue weighted by Crippen LogP contribution is 2.16. The van der Waals surface area contributed by atoms with Crippen LogP contribution in [0.25, 0.3) is 0 Å². The van der Waals surface area contributed by atoms with Crippen molar-refractivity contribution < 1.29 is 9.53 Å². The number of ether oxygens (including phenoxy) is 1. The van der Waals surface area contributed by atoms with Crippen LogP contribution >= 0.6 is 11.8 Å². The van der Waals surface area contributed by atoms with Gasteiger partial charge in [0.05, 0.1) is 0 Å². The molecule has 0 amide bonds. The molecule has 1 aromatic rings. The summed E-state index contributed by atoms with van der Waals surface area (Å²) in [5.41, 5.74) is 0. The highest BCUT2D eigenvalue weighted by atomic mass is 32.2. The number of rotatable bonds is 4. The number of hydrogen-bond donors (Lipinski definition) is 1. The van der Waals surface area contributed by atoms with E-state index in [1.165, 1.54) is 0 Å². The zero-order chi connectivity index (χ0) is 12.1. The van der Waals surface area contributed by atoms with Crippen molar-refractivity contribution in [3.8, 4) is 0 Å². The van der Waals surface area contributed by atoms with Gasteiger partial charge < -0.3 is 10.1 Å². The van der Waals surface area contributed by atoms with Gasteiger partial charge in [0, 0.05) is 44.3 Å². The summed E-state index contributed by atoms with van der Waals surface area (Å²) in [5.74, 6) is 0.970. The van der Waals surface area contributed by atoms with E-state index >= 15 is 0 Å². The first-order valence-corrected chi connectivity index (χ1v) is 6.47. The van der Waals surface area contributed by atoms with Crippen molar-refractivity contribution in [1.29, 1.82) is 0 Å². The molecule has 2 unspecified atom stereocenters. The van der Waals surface area contributed by atoms with Gasteiger partial charge in [-0.15, -0.1) is 0 Å². The first-order chi connectivity index (χ1) is 8.29. The summed E-state index contributed by atoms with van der Waals surface area (Å²) in [5, 5.41) is 4.04. The van der Waals surface area contributed by atoms with Gasteiger partial charge in [-0.2, -0.15) is 0 Å². The van der Waals surface area contributed by atoms with Crippen LogP contribution in [-0.4, -0.2) is 47.3 Å². The fourth-order valence-electron chi connectivity index (χ4n) is 1.70. The van der Waals surface area contributed by atoms with Gasteiger partial charge in [0.1, 0.15) is 6.10 Å². The second-order valence-corrected chi connectivity index (χ2v) is 4.83. The number of thioether (sulfide) groups is 1. The minimum absolute atomic E-state index is 0.172. The smallest absolute Gasteiger partial charge is 0.187 e. The van der Waals surface area contributed by atoms with Crippen LogP contribution in [0.1, 0.15) is 6.42 Å². The summed E-state index contributed by atoms with van der Waals surface area (Å²) >= 11 is 1.56. The van der Waals surface area contributed by atoms with Crippen LogP contribution in [0.4, 0.5) is 0 Å². The number of carbonyl (C=O) groups excluding carboxylic acids is 1. The van der Waals surface area contributed by atoms with Crippen LogP contribution in [0.5, 0.6) is 0 Å². The van der Waals surface area contributed by atoms with E-state index in [0.717, 1.165) is 10.9 Å². The van der Waals surface area contributed by atoms with Crippen LogP contribution < -0.4 is 5.32 Å². The number of piperidine rings is 1. The van der Waals surface area contributed by atoms with Gasteiger partial charge in [-0.25, -0.2) is 9.97 Å². The fraction of sp³-hybridized carbons (Fsp3) is 0.545. The van der Waals surface area contributed by atoms with Crippen molar-refractivity contribution in [3.05, 3.63) is 18.5 Å². The molecule has 1 saturated heterocycles. The van der Waals surface area contributed by atoms with Crippen LogP contribution in [0, 0.1) is 0 Å². The molecule has 2 atom stereocenters. The standard InChI is InChI=1S/C11H15N3O2S/c1-16-10-6-14-8(5-9(10)15)7-17-11-12-3-2-4-13-11/h2-4,8,10,14H,5-7H2,1H3. The summed E-state index contributed by atoms with van der Waals surface area (Å²) in [4.78, 5) is 19.9. The van der Waals surface area contributed by atoms with Crippen molar-refractivity contribution >= 4 is 17.5 Å². The molecule has 0 aliphatic carbocycles. The molecule has 0 bridgehead atoms. The monoisotopic (exact) mass is 253 g/mol. The third-order valence-corrected chi connectivity index (χ3v) is 3.68. The van der Waals surface area contributed by atoms with Crippen molar-refractivity contribution in [2.24, 2.45) is 0 Å². The van der Waals surface area contributed by atoms with Crippen LogP contribution in [0.3, 0.4) is 0 Å². The number of carbonyl (C=O) groups is 1. The average Bonchev–Trinajstić information content (AvgIpc) is 2.38. The highest BCUT2D eigenvalue weighted by molar-refractivity contribution is 7.99. The van der Waals surface area contributed by atoms with Crippen LogP contribution in [-0.2, 0) is 9.53 Å². The summed E-state index contributed by atoms with van der Waals surface area (Å²) in [6, 6.07) is 1.97. The van der Waals surface area contributed by atoms with Gasteiger partial charge in [0.2, 0.25) is 0 Å². The molecule has 1 aromatic heterocycles. The Balaban J connectivity index is 1.80. The molecule has 6 heteroatoms. The number of ketones is 1. The molecule has 1 N–H and O–H groups in total. The molecule has 1 aliphatic rings. The molecule has 0 spiro atoms. The van der Waals surface area contributed by atoms with E-state index in [4.69, 9.17) is 4.74 Å². The second kappa shape index (κ2) is 6.09. The van der Waals surface area contributed by atoms with Gasteiger partial charge in [-0.1, -0.05) is 11.8 Å². The molecule has 2 rings (SSSR count). The molecule has 17 heavy (non-hydrogen) atoms. The topological polar surface area (TPSA) is 64.1 Å². The lowest BCUT2D eigenvalue weighted by Crippen LogP contribution is -2.49. The van der Waals surface area contributed by atoms with E-state index in [0.29, 0.717) is 13.0 Å². The maximum absolute atomic E-state index is 11.6. The third-order valence-electron chi connectivity index (χ3n) is 2.64. The maximum atomic E-state index is 11.6. The molecular weight excluding hydrogens is 238 g/mol. The normalized spacial score (nSPS) is 24.9. The molecule has 92 valence electrons. The average molecular weight is 253 g/mol. The van der Waals surface area contributed by atoms with Gasteiger partial charge >= 0.3 is 0 Å². The summed E-state index contributed by atoms with van der Waals surface area (Å²) in [6.07, 6.45) is 3.66. The fourth-order valence-corrected chi connectivity index (χ4v) is 2.56. The summed E-state index contributed by atoms with van der Waals surface area (Å²) in [6.45, 7) is 0.593. The lowest BCUT2D eigenvalue weighted by atomic mass is 10.0. The SMILES string of the molecule is COC1CNC(CSc2ncccn2)CC1=O. The number of hydrogen-bond acceptors (Lipinski definition) is 6. The van der Waals surface area contributed by atoms with Crippen LogP contribution in [0.15, 0.2) is 23.6 Å². The molecule has 5 nitrogen and oxygen atoms in total. The number of nitrogens with zero attached hydrogens (tertiary/aromatic N) is 2. The van der Waals surface area contributed by atoms with Gasteiger partial charge in [0.25, 0.3) is 0 Å². The Hall–Kier alpha value is -0.980. The first-order valence-electron chi connectivity index (χ1n) is 5.48. The Kier molecular flexibility index (Phi) is 4.47.